The summed E-state index contributed by atoms with van der Waals surface area (Å²) >= 11 is 0. The van der Waals surface area contributed by atoms with Crippen LogP contribution in [-0.4, -0.2) is 0 Å². The Morgan fingerprint density at radius 1 is 0.750 bits per heavy atom. The molecule has 0 aliphatic heterocycles. The van der Waals surface area contributed by atoms with E-state index in [1.807, 2.05) is 0 Å². The van der Waals surface area contributed by atoms with Crippen LogP contribution in [0.3, 0.4) is 0 Å². The third-order valence-electron chi connectivity index (χ3n) is 6.72. The number of fused-ring (bicyclic) bond motifs is 4. The van der Waals surface area contributed by atoms with Gasteiger partial charge >= 0.3 is 0 Å². The lowest BCUT2D eigenvalue weighted by Gasteiger charge is -2.45. The molecule has 0 aromatic rings. The molecule has 4 aliphatic rings. The van der Waals surface area contributed by atoms with Crippen LogP contribution in [0.25, 0.3) is 0 Å². The highest BCUT2D eigenvalue weighted by Gasteiger charge is 2.40. The second kappa shape index (κ2) is 4.90. The minimum atomic E-state index is 0.852. The molecule has 0 heterocycles. The molecule has 4 atom stereocenters. The minimum absolute atomic E-state index is 0.852. The van der Waals surface area contributed by atoms with Crippen molar-refractivity contribution in [2.24, 2.45) is 23.7 Å². The predicted octanol–water partition coefficient (Wildman–Crippen LogP) is 5.82. The Bertz CT molecular complexity index is 502. The molecule has 108 valence electrons. The van der Waals surface area contributed by atoms with Crippen LogP contribution in [0.1, 0.15) is 65.2 Å². The van der Waals surface area contributed by atoms with E-state index in [2.05, 4.69) is 26.0 Å². The first-order valence-corrected chi connectivity index (χ1v) is 8.87. The van der Waals surface area contributed by atoms with E-state index in [4.69, 9.17) is 0 Å². The lowest BCUT2D eigenvalue weighted by Crippen LogP contribution is -2.33. The molecule has 0 spiro atoms. The minimum Gasteiger partial charge on any atom is -0.0802 e. The van der Waals surface area contributed by atoms with Gasteiger partial charge in [0.05, 0.1) is 0 Å². The first kappa shape index (κ1) is 12.9. The van der Waals surface area contributed by atoms with Gasteiger partial charge in [-0.25, -0.2) is 0 Å². The van der Waals surface area contributed by atoms with Gasteiger partial charge < -0.3 is 0 Å². The fourth-order valence-electron chi connectivity index (χ4n) is 5.67. The monoisotopic (exact) mass is 268 g/mol. The van der Waals surface area contributed by atoms with Crippen molar-refractivity contribution in [3.05, 3.63) is 34.4 Å². The molecule has 0 bridgehead atoms. The number of hydrogen-bond acceptors (Lipinski definition) is 0. The Hall–Kier alpha value is -0.780. The second-order valence-corrected chi connectivity index (χ2v) is 7.60. The number of allylic oxidation sites excluding steroid dienone is 6. The Morgan fingerprint density at radius 2 is 1.35 bits per heavy atom. The summed E-state index contributed by atoms with van der Waals surface area (Å²) in [6.07, 6.45) is 16.6. The van der Waals surface area contributed by atoms with E-state index in [1.54, 1.807) is 22.3 Å². The van der Waals surface area contributed by atoms with Gasteiger partial charge in [0.15, 0.2) is 0 Å². The van der Waals surface area contributed by atoms with Crippen LogP contribution >= 0.6 is 0 Å². The van der Waals surface area contributed by atoms with Crippen molar-refractivity contribution < 1.29 is 0 Å². The highest BCUT2D eigenvalue weighted by molar-refractivity contribution is 5.54. The number of rotatable bonds is 0. The molecule has 4 aliphatic carbocycles. The van der Waals surface area contributed by atoms with Gasteiger partial charge in [-0.3, -0.25) is 0 Å². The van der Waals surface area contributed by atoms with Crippen LogP contribution in [0.4, 0.5) is 0 Å². The van der Waals surface area contributed by atoms with E-state index in [0.29, 0.717) is 0 Å². The zero-order valence-electron chi connectivity index (χ0n) is 13.1. The van der Waals surface area contributed by atoms with Crippen LogP contribution in [0.15, 0.2) is 34.4 Å². The standard InChI is InChI=1S/C20H28/c1-13-16-8-5-6-9-17(16)14(2)20-18(13)12-11-15-7-3-4-10-19(15)20/h11-12,15-17,19H,3-10H2,1-2H3. The van der Waals surface area contributed by atoms with E-state index in [9.17, 15) is 0 Å². The molecular weight excluding hydrogens is 240 g/mol. The molecule has 4 unspecified atom stereocenters. The Balaban J connectivity index is 1.83. The molecule has 0 amide bonds. The van der Waals surface area contributed by atoms with E-state index in [-0.39, 0.29) is 0 Å². The third kappa shape index (κ3) is 1.80. The first-order chi connectivity index (χ1) is 9.77. The van der Waals surface area contributed by atoms with Crippen molar-refractivity contribution in [3.63, 3.8) is 0 Å². The molecule has 0 saturated heterocycles. The summed E-state index contributed by atoms with van der Waals surface area (Å²) in [4.78, 5) is 0. The van der Waals surface area contributed by atoms with Gasteiger partial charge in [-0.1, -0.05) is 49.0 Å². The summed E-state index contributed by atoms with van der Waals surface area (Å²) in [6, 6.07) is 0. The summed E-state index contributed by atoms with van der Waals surface area (Å²) in [5.41, 5.74) is 6.98. The summed E-state index contributed by atoms with van der Waals surface area (Å²) in [5.74, 6) is 3.47. The van der Waals surface area contributed by atoms with Gasteiger partial charge in [-0.15, -0.1) is 0 Å². The van der Waals surface area contributed by atoms with Crippen molar-refractivity contribution in [2.75, 3.05) is 0 Å². The highest BCUT2D eigenvalue weighted by atomic mass is 14.4. The van der Waals surface area contributed by atoms with Gasteiger partial charge in [0.25, 0.3) is 0 Å². The zero-order chi connectivity index (χ0) is 13.7. The Kier molecular flexibility index (Phi) is 3.16. The summed E-state index contributed by atoms with van der Waals surface area (Å²) in [6.45, 7) is 4.92. The van der Waals surface area contributed by atoms with Crippen molar-refractivity contribution in [2.45, 2.75) is 65.2 Å². The fraction of sp³-hybridized carbons (Fsp3) is 0.700. The predicted molar refractivity (Wildman–Crippen MR) is 85.4 cm³/mol. The third-order valence-corrected chi connectivity index (χ3v) is 6.72. The summed E-state index contributed by atoms with van der Waals surface area (Å²) < 4.78 is 0. The summed E-state index contributed by atoms with van der Waals surface area (Å²) in [5, 5.41) is 0. The lowest BCUT2D eigenvalue weighted by molar-refractivity contribution is 0.277. The highest BCUT2D eigenvalue weighted by Crippen LogP contribution is 2.53. The lowest BCUT2D eigenvalue weighted by atomic mass is 9.60. The topological polar surface area (TPSA) is 0 Å². The van der Waals surface area contributed by atoms with E-state index in [1.165, 1.54) is 51.4 Å². The van der Waals surface area contributed by atoms with Gasteiger partial charge in [-0.2, -0.15) is 0 Å². The van der Waals surface area contributed by atoms with Gasteiger partial charge in [0.1, 0.15) is 0 Å². The maximum atomic E-state index is 2.56. The largest absolute Gasteiger partial charge is 0.0802 e. The van der Waals surface area contributed by atoms with Gasteiger partial charge in [-0.05, 0) is 74.3 Å². The van der Waals surface area contributed by atoms with E-state index < -0.39 is 0 Å². The molecule has 20 heavy (non-hydrogen) atoms. The fourth-order valence-corrected chi connectivity index (χ4v) is 5.67. The Morgan fingerprint density at radius 3 is 2.10 bits per heavy atom. The Labute approximate surface area is 124 Å². The molecule has 0 heteroatoms. The number of hydrogen-bond donors (Lipinski definition) is 0. The van der Waals surface area contributed by atoms with Gasteiger partial charge in [0.2, 0.25) is 0 Å². The van der Waals surface area contributed by atoms with E-state index in [0.717, 1.165) is 23.7 Å². The summed E-state index contributed by atoms with van der Waals surface area (Å²) in [7, 11) is 0. The molecule has 0 radical (unpaired) electrons. The van der Waals surface area contributed by atoms with Crippen molar-refractivity contribution in [1.82, 2.24) is 0 Å². The van der Waals surface area contributed by atoms with Crippen LogP contribution in [0.5, 0.6) is 0 Å². The van der Waals surface area contributed by atoms with Gasteiger partial charge in [0, 0.05) is 0 Å². The quantitative estimate of drug-likeness (QED) is 0.519. The smallest absolute Gasteiger partial charge is 0.00934 e. The van der Waals surface area contributed by atoms with Crippen LogP contribution in [-0.2, 0) is 0 Å². The molecular formula is C20H28. The maximum absolute atomic E-state index is 2.56. The maximum Gasteiger partial charge on any atom is -0.00934 e. The second-order valence-electron chi connectivity index (χ2n) is 7.60. The normalized spacial score (nSPS) is 40.3. The first-order valence-electron chi connectivity index (χ1n) is 8.87. The molecule has 0 aromatic carbocycles. The van der Waals surface area contributed by atoms with Crippen molar-refractivity contribution in [1.29, 1.82) is 0 Å². The molecule has 4 rings (SSSR count). The van der Waals surface area contributed by atoms with Crippen molar-refractivity contribution >= 4 is 0 Å². The molecule has 0 N–H and O–H groups in total. The molecule has 0 nitrogen and oxygen atoms in total. The molecule has 2 saturated carbocycles. The van der Waals surface area contributed by atoms with Crippen LogP contribution in [0, 0.1) is 23.7 Å². The zero-order valence-corrected chi connectivity index (χ0v) is 13.1. The van der Waals surface area contributed by atoms with E-state index >= 15 is 0 Å². The average Bonchev–Trinajstić information content (AvgIpc) is 2.51. The van der Waals surface area contributed by atoms with Crippen molar-refractivity contribution in [3.8, 4) is 0 Å². The van der Waals surface area contributed by atoms with Crippen LogP contribution < -0.4 is 0 Å². The molecule has 0 aromatic heterocycles. The average molecular weight is 268 g/mol. The van der Waals surface area contributed by atoms with Crippen LogP contribution in [0.2, 0.25) is 0 Å². The molecule has 2 fully saturated rings. The SMILES string of the molecule is CC1=C2C=CC3CCCCC3C2=C(C)C2CCCCC12.